The van der Waals surface area contributed by atoms with Crippen LogP contribution in [0.25, 0.3) is 0 Å². The second-order valence-corrected chi connectivity index (χ2v) is 6.64. The van der Waals surface area contributed by atoms with E-state index >= 15 is 0 Å². The zero-order valence-corrected chi connectivity index (χ0v) is 17.0. The highest BCUT2D eigenvalue weighted by molar-refractivity contribution is 7.07. The van der Waals surface area contributed by atoms with Gasteiger partial charge in [0.1, 0.15) is 24.7 Å². The van der Waals surface area contributed by atoms with Gasteiger partial charge in [0.2, 0.25) is 0 Å². The quantitative estimate of drug-likeness (QED) is 0.511. The van der Waals surface area contributed by atoms with Crippen LogP contribution in [0.5, 0.6) is 23.0 Å². The summed E-state index contributed by atoms with van der Waals surface area (Å²) in [6.07, 6.45) is 0. The van der Waals surface area contributed by atoms with Gasteiger partial charge in [0, 0.05) is 17.0 Å². The molecule has 0 atom stereocenters. The number of hydrogen-bond acceptors (Lipinski definition) is 7. The first kappa shape index (κ1) is 20.5. The molecule has 0 aliphatic carbocycles. The highest BCUT2D eigenvalue weighted by Crippen LogP contribution is 2.29. The second-order valence-electron chi connectivity index (χ2n) is 5.92. The molecule has 0 saturated heterocycles. The van der Waals surface area contributed by atoms with Crippen LogP contribution in [0.3, 0.4) is 0 Å². The van der Waals surface area contributed by atoms with Crippen molar-refractivity contribution in [2.45, 2.75) is 6.61 Å². The summed E-state index contributed by atoms with van der Waals surface area (Å²) in [5.74, 6) is 2.22. The fourth-order valence-electron chi connectivity index (χ4n) is 2.52. The molecule has 2 aromatic carbocycles. The van der Waals surface area contributed by atoms with Crippen molar-refractivity contribution in [2.24, 2.45) is 0 Å². The average Bonchev–Trinajstić information content (AvgIpc) is 3.29. The lowest BCUT2D eigenvalue weighted by atomic mass is 10.2. The van der Waals surface area contributed by atoms with E-state index in [2.05, 4.69) is 10.3 Å². The van der Waals surface area contributed by atoms with Gasteiger partial charge in [-0.2, -0.15) is 0 Å². The number of rotatable bonds is 10. The Hall–Kier alpha value is -3.26. The molecule has 0 saturated carbocycles. The number of thiazole rings is 1. The Kier molecular flexibility index (Phi) is 7.29. The van der Waals surface area contributed by atoms with Crippen molar-refractivity contribution in [1.29, 1.82) is 0 Å². The van der Waals surface area contributed by atoms with Crippen LogP contribution in [0.2, 0.25) is 0 Å². The molecule has 152 valence electrons. The largest absolute Gasteiger partial charge is 0.497 e. The van der Waals surface area contributed by atoms with Crippen molar-refractivity contribution >= 4 is 17.2 Å². The van der Waals surface area contributed by atoms with Gasteiger partial charge < -0.3 is 24.3 Å². The lowest BCUT2D eigenvalue weighted by molar-refractivity contribution is 0.0946. The number of carbonyl (C=O) groups excluding carboxylic acids is 1. The van der Waals surface area contributed by atoms with Crippen molar-refractivity contribution < 1.29 is 23.7 Å². The number of aromatic nitrogens is 1. The molecular formula is C21H22N2O5S. The molecule has 8 heteroatoms. The Morgan fingerprint density at radius 3 is 2.66 bits per heavy atom. The second kappa shape index (κ2) is 10.3. The first-order valence-electron chi connectivity index (χ1n) is 8.92. The van der Waals surface area contributed by atoms with Crippen LogP contribution in [-0.4, -0.2) is 38.3 Å². The lowest BCUT2D eigenvalue weighted by Crippen LogP contribution is -2.28. The number of benzene rings is 2. The molecule has 0 aliphatic heterocycles. The van der Waals surface area contributed by atoms with Crippen LogP contribution >= 0.6 is 11.3 Å². The third-order valence-electron chi connectivity index (χ3n) is 3.98. The van der Waals surface area contributed by atoms with Crippen LogP contribution in [0.4, 0.5) is 0 Å². The van der Waals surface area contributed by atoms with Crippen molar-refractivity contribution in [3.63, 3.8) is 0 Å². The molecule has 7 nitrogen and oxygen atoms in total. The molecule has 3 rings (SSSR count). The number of nitrogens with zero attached hydrogens (tertiary/aromatic N) is 1. The van der Waals surface area contributed by atoms with Crippen molar-refractivity contribution in [3.8, 4) is 23.0 Å². The Labute approximate surface area is 173 Å². The van der Waals surface area contributed by atoms with E-state index in [1.54, 1.807) is 36.9 Å². The number of hydrogen-bond donors (Lipinski definition) is 1. The van der Waals surface area contributed by atoms with Crippen LogP contribution < -0.4 is 24.3 Å². The summed E-state index contributed by atoms with van der Waals surface area (Å²) in [5, 5.41) is 4.74. The SMILES string of the molecule is COc1cccc(OCCNC(=O)c2ccc(OCc3cscn3)c(OC)c2)c1. The molecule has 1 N–H and O–H groups in total. The van der Waals surface area contributed by atoms with Gasteiger partial charge >= 0.3 is 0 Å². The summed E-state index contributed by atoms with van der Waals surface area (Å²) < 4.78 is 21.9. The summed E-state index contributed by atoms with van der Waals surface area (Å²) >= 11 is 1.51. The molecule has 1 amide bonds. The van der Waals surface area contributed by atoms with E-state index < -0.39 is 0 Å². The van der Waals surface area contributed by atoms with E-state index in [1.807, 2.05) is 23.6 Å². The third kappa shape index (κ3) is 5.86. The van der Waals surface area contributed by atoms with Crippen molar-refractivity contribution in [2.75, 3.05) is 27.4 Å². The first-order chi connectivity index (χ1) is 14.2. The minimum atomic E-state index is -0.219. The number of methoxy groups -OCH3 is 2. The first-order valence-corrected chi connectivity index (χ1v) is 9.87. The monoisotopic (exact) mass is 414 g/mol. The number of ether oxygens (including phenoxy) is 4. The van der Waals surface area contributed by atoms with Crippen LogP contribution in [0, 0.1) is 0 Å². The van der Waals surface area contributed by atoms with Crippen LogP contribution in [0.15, 0.2) is 53.4 Å². The van der Waals surface area contributed by atoms with Crippen LogP contribution in [-0.2, 0) is 6.61 Å². The molecule has 0 fully saturated rings. The van der Waals surface area contributed by atoms with Gasteiger partial charge in [-0.25, -0.2) is 4.98 Å². The molecule has 29 heavy (non-hydrogen) atoms. The van der Waals surface area contributed by atoms with E-state index in [0.717, 1.165) is 11.4 Å². The van der Waals surface area contributed by atoms with E-state index in [-0.39, 0.29) is 5.91 Å². The lowest BCUT2D eigenvalue weighted by Gasteiger charge is -2.12. The highest BCUT2D eigenvalue weighted by atomic mass is 32.1. The Bertz CT molecular complexity index is 931. The zero-order valence-electron chi connectivity index (χ0n) is 16.2. The zero-order chi connectivity index (χ0) is 20.5. The van der Waals surface area contributed by atoms with E-state index in [1.165, 1.54) is 18.4 Å². The van der Waals surface area contributed by atoms with Crippen LogP contribution in [0.1, 0.15) is 16.1 Å². The number of nitrogens with one attached hydrogen (secondary N) is 1. The summed E-state index contributed by atoms with van der Waals surface area (Å²) in [5.41, 5.74) is 3.07. The summed E-state index contributed by atoms with van der Waals surface area (Å²) in [7, 11) is 3.14. The maximum absolute atomic E-state index is 12.4. The molecule has 0 radical (unpaired) electrons. The predicted molar refractivity (Wildman–Crippen MR) is 110 cm³/mol. The maximum atomic E-state index is 12.4. The summed E-state index contributed by atoms with van der Waals surface area (Å²) in [6.45, 7) is 1.04. The van der Waals surface area contributed by atoms with Gasteiger partial charge in [0.05, 0.1) is 32.0 Å². The Morgan fingerprint density at radius 1 is 1.03 bits per heavy atom. The van der Waals surface area contributed by atoms with E-state index in [9.17, 15) is 4.79 Å². The van der Waals surface area contributed by atoms with Gasteiger partial charge in [0.15, 0.2) is 11.5 Å². The smallest absolute Gasteiger partial charge is 0.251 e. The van der Waals surface area contributed by atoms with Gasteiger partial charge in [-0.3, -0.25) is 4.79 Å². The molecule has 0 aliphatic rings. The highest BCUT2D eigenvalue weighted by Gasteiger charge is 2.11. The number of amides is 1. The van der Waals surface area contributed by atoms with Crippen molar-refractivity contribution in [1.82, 2.24) is 10.3 Å². The Morgan fingerprint density at radius 2 is 1.90 bits per heavy atom. The molecule has 0 unspecified atom stereocenters. The Balaban J connectivity index is 1.50. The normalized spacial score (nSPS) is 10.3. The minimum absolute atomic E-state index is 0.219. The number of carbonyl (C=O) groups is 1. The standard InChI is InChI=1S/C21H22N2O5S/c1-25-17-4-3-5-18(11-17)27-9-8-22-21(24)15-6-7-19(20(10-15)26-2)28-12-16-13-29-14-23-16/h3-7,10-11,13-14H,8-9,12H2,1-2H3,(H,22,24). The van der Waals surface area contributed by atoms with E-state index in [4.69, 9.17) is 18.9 Å². The fraction of sp³-hybridized carbons (Fsp3) is 0.238. The fourth-order valence-corrected chi connectivity index (χ4v) is 3.06. The van der Waals surface area contributed by atoms with Gasteiger partial charge in [0.25, 0.3) is 5.91 Å². The topological polar surface area (TPSA) is 78.9 Å². The third-order valence-corrected chi connectivity index (χ3v) is 4.62. The molecule has 1 aromatic heterocycles. The molecule has 0 spiro atoms. The van der Waals surface area contributed by atoms with Gasteiger partial charge in [-0.1, -0.05) is 6.07 Å². The molecule has 3 aromatic rings. The molecule has 0 bridgehead atoms. The van der Waals surface area contributed by atoms with Gasteiger partial charge in [-0.05, 0) is 30.3 Å². The maximum Gasteiger partial charge on any atom is 0.251 e. The molecule has 1 heterocycles. The average molecular weight is 414 g/mol. The summed E-state index contributed by atoms with van der Waals surface area (Å²) in [6, 6.07) is 12.4. The predicted octanol–water partition coefficient (Wildman–Crippen LogP) is 3.55. The van der Waals surface area contributed by atoms with E-state index in [0.29, 0.717) is 42.6 Å². The van der Waals surface area contributed by atoms with Crippen molar-refractivity contribution in [3.05, 3.63) is 64.6 Å². The molecular weight excluding hydrogens is 392 g/mol. The summed E-state index contributed by atoms with van der Waals surface area (Å²) in [4.78, 5) is 16.6. The minimum Gasteiger partial charge on any atom is -0.497 e. The van der Waals surface area contributed by atoms with Gasteiger partial charge in [-0.15, -0.1) is 11.3 Å².